The predicted octanol–water partition coefficient (Wildman–Crippen LogP) is 4.18. The van der Waals surface area contributed by atoms with Crippen molar-refractivity contribution in [1.29, 1.82) is 0 Å². The highest BCUT2D eigenvalue weighted by Gasteiger charge is 2.15. The van der Waals surface area contributed by atoms with Gasteiger partial charge in [0.15, 0.2) is 0 Å². The van der Waals surface area contributed by atoms with E-state index < -0.39 is 5.91 Å². The van der Waals surface area contributed by atoms with Crippen LogP contribution in [0.2, 0.25) is 0 Å². The minimum atomic E-state index is -0.450. The van der Waals surface area contributed by atoms with Crippen molar-refractivity contribution in [2.24, 2.45) is 5.73 Å². The molecule has 0 saturated heterocycles. The van der Waals surface area contributed by atoms with Gasteiger partial charge in [0.2, 0.25) is 0 Å². The van der Waals surface area contributed by atoms with Crippen LogP contribution in [0.25, 0.3) is 33.2 Å². The van der Waals surface area contributed by atoms with E-state index in [0.29, 0.717) is 11.3 Å². The van der Waals surface area contributed by atoms with Gasteiger partial charge in [0.25, 0.3) is 5.91 Å². The normalized spacial score (nSPS) is 10.9. The van der Waals surface area contributed by atoms with E-state index in [1.165, 1.54) is 0 Å². The van der Waals surface area contributed by atoms with Gasteiger partial charge in [0.05, 0.1) is 11.1 Å². The van der Waals surface area contributed by atoms with Crippen molar-refractivity contribution >= 4 is 22.5 Å². The molecule has 0 aliphatic heterocycles. The zero-order valence-corrected chi connectivity index (χ0v) is 13.5. The summed E-state index contributed by atoms with van der Waals surface area (Å²) in [4.78, 5) is 15.2. The Morgan fingerprint density at radius 3 is 2.24 bits per heavy atom. The molecule has 0 bridgehead atoms. The average Bonchev–Trinajstić information content (AvgIpc) is 3.06. The third kappa shape index (κ3) is 2.64. The quantitative estimate of drug-likeness (QED) is 0.493. The van der Waals surface area contributed by atoms with Gasteiger partial charge in [-0.05, 0) is 41.0 Å². The number of aromatic amines is 1. The van der Waals surface area contributed by atoms with E-state index in [4.69, 9.17) is 11.5 Å². The van der Waals surface area contributed by atoms with Gasteiger partial charge in [0.1, 0.15) is 0 Å². The number of hydrogen-bond donors (Lipinski definition) is 3. The number of anilines is 1. The second-order valence-corrected chi connectivity index (χ2v) is 6.00. The largest absolute Gasteiger partial charge is 0.399 e. The number of carbonyl (C=O) groups excluding carboxylic acids is 1. The van der Waals surface area contributed by atoms with E-state index in [1.54, 1.807) is 0 Å². The number of carbonyl (C=O) groups is 1. The lowest BCUT2D eigenvalue weighted by Gasteiger charge is -2.07. The summed E-state index contributed by atoms with van der Waals surface area (Å²) in [5.74, 6) is -0.450. The summed E-state index contributed by atoms with van der Waals surface area (Å²) >= 11 is 0. The molecule has 5 N–H and O–H groups in total. The fraction of sp³-hybridized carbons (Fsp3) is 0. The van der Waals surface area contributed by atoms with Crippen molar-refractivity contribution in [2.45, 2.75) is 0 Å². The molecular weight excluding hydrogens is 310 g/mol. The van der Waals surface area contributed by atoms with Crippen LogP contribution in [0, 0.1) is 0 Å². The first-order valence-electron chi connectivity index (χ1n) is 8.00. The summed E-state index contributed by atoms with van der Waals surface area (Å²) in [6.45, 7) is 0. The Kier molecular flexibility index (Phi) is 3.51. The maximum absolute atomic E-state index is 12.0. The lowest BCUT2D eigenvalue weighted by molar-refractivity contribution is 0.100. The van der Waals surface area contributed by atoms with Crippen LogP contribution in [0.5, 0.6) is 0 Å². The van der Waals surface area contributed by atoms with Crippen molar-refractivity contribution in [3.05, 3.63) is 78.5 Å². The van der Waals surface area contributed by atoms with E-state index in [2.05, 4.69) is 11.1 Å². The fourth-order valence-corrected chi connectivity index (χ4v) is 3.13. The molecule has 1 amide bonds. The zero-order chi connectivity index (χ0) is 17.4. The number of H-pyrrole nitrogens is 1. The van der Waals surface area contributed by atoms with Gasteiger partial charge >= 0.3 is 0 Å². The molecule has 1 heterocycles. The Morgan fingerprint density at radius 1 is 0.840 bits per heavy atom. The summed E-state index contributed by atoms with van der Waals surface area (Å²) in [6.07, 6.45) is 1.90. The molecule has 0 unspecified atom stereocenters. The lowest BCUT2D eigenvalue weighted by Crippen LogP contribution is -2.11. The molecule has 0 aliphatic carbocycles. The van der Waals surface area contributed by atoms with Gasteiger partial charge in [-0.1, -0.05) is 42.5 Å². The van der Waals surface area contributed by atoms with Crippen LogP contribution in [0.1, 0.15) is 10.4 Å². The molecular formula is C21H17N3O. The molecule has 0 atom stereocenters. The van der Waals surface area contributed by atoms with Crippen molar-refractivity contribution in [3.63, 3.8) is 0 Å². The third-order valence-electron chi connectivity index (χ3n) is 4.38. The number of nitrogen functional groups attached to an aromatic ring is 1. The van der Waals surface area contributed by atoms with Crippen LogP contribution in [-0.2, 0) is 0 Å². The van der Waals surface area contributed by atoms with Gasteiger partial charge in [-0.3, -0.25) is 4.79 Å². The third-order valence-corrected chi connectivity index (χ3v) is 4.38. The molecule has 0 radical (unpaired) electrons. The van der Waals surface area contributed by atoms with Crippen molar-refractivity contribution in [3.8, 4) is 22.3 Å². The zero-order valence-electron chi connectivity index (χ0n) is 13.5. The van der Waals surface area contributed by atoms with Crippen LogP contribution in [0.15, 0.2) is 72.9 Å². The number of hydrogen-bond acceptors (Lipinski definition) is 2. The molecule has 25 heavy (non-hydrogen) atoms. The number of nitrogens with one attached hydrogen (secondary N) is 1. The second kappa shape index (κ2) is 5.83. The minimum absolute atomic E-state index is 0.450. The maximum atomic E-state index is 12.0. The van der Waals surface area contributed by atoms with Crippen LogP contribution in [0.3, 0.4) is 0 Å². The fourth-order valence-electron chi connectivity index (χ4n) is 3.13. The molecule has 4 rings (SSSR count). The Hall–Kier alpha value is -3.53. The van der Waals surface area contributed by atoms with Gasteiger partial charge in [-0.2, -0.15) is 0 Å². The number of primary amides is 1. The first-order valence-corrected chi connectivity index (χ1v) is 8.00. The molecule has 4 aromatic rings. The number of rotatable bonds is 3. The predicted molar refractivity (Wildman–Crippen MR) is 102 cm³/mol. The van der Waals surface area contributed by atoms with Crippen molar-refractivity contribution in [2.75, 3.05) is 5.73 Å². The van der Waals surface area contributed by atoms with Crippen LogP contribution in [0.4, 0.5) is 5.69 Å². The van der Waals surface area contributed by atoms with Gasteiger partial charge < -0.3 is 16.5 Å². The first-order chi connectivity index (χ1) is 12.1. The molecule has 0 aliphatic rings. The van der Waals surface area contributed by atoms with Gasteiger partial charge in [-0.15, -0.1) is 0 Å². The number of nitrogens with two attached hydrogens (primary N) is 2. The summed E-state index contributed by atoms with van der Waals surface area (Å²) < 4.78 is 0. The van der Waals surface area contributed by atoms with E-state index >= 15 is 0 Å². The molecule has 4 nitrogen and oxygen atoms in total. The molecule has 1 aromatic heterocycles. The van der Waals surface area contributed by atoms with Gasteiger partial charge in [-0.25, -0.2) is 0 Å². The molecule has 0 fully saturated rings. The molecule has 122 valence electrons. The Morgan fingerprint density at radius 2 is 1.56 bits per heavy atom. The molecule has 3 aromatic carbocycles. The Bertz CT molecular complexity index is 1060. The Balaban J connectivity index is 1.99. The van der Waals surface area contributed by atoms with Crippen LogP contribution < -0.4 is 11.5 Å². The number of fused-ring (bicyclic) bond motifs is 1. The average molecular weight is 327 g/mol. The highest BCUT2D eigenvalue weighted by molar-refractivity contribution is 6.10. The van der Waals surface area contributed by atoms with E-state index in [1.807, 2.05) is 66.9 Å². The van der Waals surface area contributed by atoms with E-state index in [0.717, 1.165) is 33.2 Å². The molecule has 4 heteroatoms. The minimum Gasteiger partial charge on any atom is -0.399 e. The highest BCUT2D eigenvalue weighted by atomic mass is 16.1. The smallest absolute Gasteiger partial charge is 0.250 e. The lowest BCUT2D eigenvalue weighted by atomic mass is 9.96. The summed E-state index contributed by atoms with van der Waals surface area (Å²) in [5, 5.41) is 0.958. The van der Waals surface area contributed by atoms with E-state index in [9.17, 15) is 4.79 Å². The SMILES string of the molecule is NC(=O)c1cc(-c2ccccc2)cc2c(-c3ccc(N)cc3)c[nH]c12. The van der Waals surface area contributed by atoms with E-state index in [-0.39, 0.29) is 0 Å². The van der Waals surface area contributed by atoms with Crippen molar-refractivity contribution in [1.82, 2.24) is 4.98 Å². The van der Waals surface area contributed by atoms with Crippen molar-refractivity contribution < 1.29 is 4.79 Å². The summed E-state index contributed by atoms with van der Waals surface area (Å²) in [5.41, 5.74) is 17.4. The standard InChI is InChI=1S/C21H17N3O/c22-16-8-6-14(7-9-16)19-12-24-20-17(19)10-15(11-18(20)21(23)25)13-4-2-1-3-5-13/h1-12,24H,22H2,(H2,23,25). The first kappa shape index (κ1) is 15.0. The monoisotopic (exact) mass is 327 g/mol. The molecule has 0 saturated carbocycles. The van der Waals surface area contributed by atoms with Crippen LogP contribution >= 0.6 is 0 Å². The van der Waals surface area contributed by atoms with Gasteiger partial charge in [0, 0.05) is 22.8 Å². The number of benzene rings is 3. The topological polar surface area (TPSA) is 84.9 Å². The van der Waals surface area contributed by atoms with Crippen LogP contribution in [-0.4, -0.2) is 10.9 Å². The summed E-state index contributed by atoms with van der Waals surface area (Å²) in [6, 6.07) is 21.5. The Labute approximate surface area is 145 Å². The maximum Gasteiger partial charge on any atom is 0.250 e. The highest BCUT2D eigenvalue weighted by Crippen LogP contribution is 2.34. The second-order valence-electron chi connectivity index (χ2n) is 6.00. The molecule has 0 spiro atoms. The number of amides is 1. The number of aromatic nitrogens is 1. The summed E-state index contributed by atoms with van der Waals surface area (Å²) in [7, 11) is 0.